The van der Waals surface area contributed by atoms with Crippen molar-refractivity contribution in [2.45, 2.75) is 39.2 Å². The van der Waals surface area contributed by atoms with E-state index in [1.54, 1.807) is 18.7 Å². The van der Waals surface area contributed by atoms with E-state index in [0.717, 1.165) is 25.9 Å². The molecule has 6 heteroatoms. The second-order valence-corrected chi connectivity index (χ2v) is 6.06. The molecule has 0 aromatic rings. The fourth-order valence-electron chi connectivity index (χ4n) is 1.86. The molecule has 5 nitrogen and oxygen atoms in total. The number of nitrogens with zero attached hydrogens (tertiary/aromatic N) is 1. The Kier molecular flexibility index (Phi) is 4.73. The predicted molar refractivity (Wildman–Crippen MR) is 62.5 cm³/mol. The van der Waals surface area contributed by atoms with Gasteiger partial charge in [0.25, 0.3) is 0 Å². The summed E-state index contributed by atoms with van der Waals surface area (Å²) in [5.41, 5.74) is 0. The Morgan fingerprint density at radius 2 is 1.94 bits per heavy atom. The van der Waals surface area contributed by atoms with Crippen LogP contribution in [-0.2, 0) is 14.8 Å². The van der Waals surface area contributed by atoms with E-state index in [4.69, 9.17) is 0 Å². The lowest BCUT2D eigenvalue weighted by Crippen LogP contribution is -2.46. The van der Waals surface area contributed by atoms with E-state index >= 15 is 0 Å². The summed E-state index contributed by atoms with van der Waals surface area (Å²) >= 11 is 0. The van der Waals surface area contributed by atoms with Crippen molar-refractivity contribution in [3.05, 3.63) is 0 Å². The van der Waals surface area contributed by atoms with Gasteiger partial charge in [-0.15, -0.1) is 0 Å². The molecule has 0 radical (unpaired) electrons. The number of nitrogens with one attached hydrogen (secondary N) is 1. The maximum Gasteiger partial charge on any atom is 0.240 e. The van der Waals surface area contributed by atoms with Gasteiger partial charge in [-0.3, -0.25) is 4.79 Å². The Bertz CT molecular complexity index is 334. The summed E-state index contributed by atoms with van der Waals surface area (Å²) in [6.07, 6.45) is 2.58. The predicted octanol–water partition coefficient (Wildman–Crippen LogP) is 0.327. The smallest absolute Gasteiger partial charge is 0.240 e. The first kappa shape index (κ1) is 13.4. The summed E-state index contributed by atoms with van der Waals surface area (Å²) in [5, 5.41) is 0. The van der Waals surface area contributed by atoms with Crippen LogP contribution in [0.5, 0.6) is 0 Å². The minimum Gasteiger partial charge on any atom is -0.341 e. The molecule has 1 N–H and O–H groups in total. The largest absolute Gasteiger partial charge is 0.341 e. The molecule has 0 saturated carbocycles. The van der Waals surface area contributed by atoms with Crippen LogP contribution in [0.15, 0.2) is 0 Å². The molecule has 0 bridgehead atoms. The summed E-state index contributed by atoms with van der Waals surface area (Å²) in [5.74, 6) is -0.0397. The summed E-state index contributed by atoms with van der Waals surface area (Å²) in [4.78, 5) is 13.5. The van der Waals surface area contributed by atoms with Crippen LogP contribution < -0.4 is 4.72 Å². The van der Waals surface area contributed by atoms with Gasteiger partial charge in [0, 0.05) is 13.1 Å². The highest BCUT2D eigenvalue weighted by Crippen LogP contribution is 2.09. The number of sulfonamides is 1. The van der Waals surface area contributed by atoms with E-state index in [0.29, 0.717) is 6.42 Å². The summed E-state index contributed by atoms with van der Waals surface area (Å²) in [7, 11) is -3.30. The fraction of sp³-hybridized carbons (Fsp3) is 0.900. The first-order chi connectivity index (χ1) is 7.46. The molecular weight excluding hydrogens is 228 g/mol. The van der Waals surface area contributed by atoms with Crippen molar-refractivity contribution in [1.82, 2.24) is 9.62 Å². The number of carbonyl (C=O) groups is 1. The third kappa shape index (κ3) is 3.75. The molecule has 1 aliphatic rings. The second-order valence-electron chi connectivity index (χ2n) is 4.19. The molecule has 0 aromatic carbocycles. The topological polar surface area (TPSA) is 66.5 Å². The second kappa shape index (κ2) is 5.63. The van der Waals surface area contributed by atoms with Crippen LogP contribution >= 0.6 is 0 Å². The van der Waals surface area contributed by atoms with Crippen LogP contribution in [0.2, 0.25) is 0 Å². The fourth-order valence-corrected chi connectivity index (χ4v) is 3.15. The van der Waals surface area contributed by atoms with Crippen molar-refractivity contribution in [2.75, 3.05) is 18.8 Å². The molecule has 1 rings (SSSR count). The van der Waals surface area contributed by atoms with E-state index in [1.807, 2.05) is 0 Å². The van der Waals surface area contributed by atoms with Gasteiger partial charge in [0.15, 0.2) is 0 Å². The Balaban J connectivity index is 2.51. The minimum atomic E-state index is -3.30. The van der Waals surface area contributed by atoms with Gasteiger partial charge >= 0.3 is 0 Å². The summed E-state index contributed by atoms with van der Waals surface area (Å²) in [6, 6.07) is -0.644. The molecule has 0 aliphatic carbocycles. The van der Waals surface area contributed by atoms with Gasteiger partial charge in [0.1, 0.15) is 0 Å². The first-order valence-electron chi connectivity index (χ1n) is 5.75. The molecule has 94 valence electrons. The van der Waals surface area contributed by atoms with Crippen LogP contribution in [0.1, 0.15) is 33.1 Å². The Hall–Kier alpha value is -0.620. The number of carbonyl (C=O) groups excluding carboxylic acids is 1. The highest BCUT2D eigenvalue weighted by molar-refractivity contribution is 7.89. The molecular formula is C10H20N2O3S. The van der Waals surface area contributed by atoms with E-state index in [-0.39, 0.29) is 11.7 Å². The summed E-state index contributed by atoms with van der Waals surface area (Å²) < 4.78 is 25.4. The van der Waals surface area contributed by atoms with Gasteiger partial charge in [-0.05, 0) is 26.2 Å². The number of likely N-dealkylation sites (tertiary alicyclic amines) is 1. The van der Waals surface area contributed by atoms with Crippen LogP contribution in [0.3, 0.4) is 0 Å². The van der Waals surface area contributed by atoms with Crippen LogP contribution in [0.25, 0.3) is 0 Å². The summed E-state index contributed by atoms with van der Waals surface area (Å²) in [6.45, 7) is 4.90. The van der Waals surface area contributed by atoms with Gasteiger partial charge < -0.3 is 4.90 Å². The van der Waals surface area contributed by atoms with Crippen molar-refractivity contribution < 1.29 is 13.2 Å². The van der Waals surface area contributed by atoms with Crippen molar-refractivity contribution in [1.29, 1.82) is 0 Å². The maximum absolute atomic E-state index is 11.8. The monoisotopic (exact) mass is 248 g/mol. The highest BCUT2D eigenvalue weighted by Gasteiger charge is 2.25. The van der Waals surface area contributed by atoms with Gasteiger partial charge in [-0.2, -0.15) is 0 Å². The molecule has 0 aromatic heterocycles. The van der Waals surface area contributed by atoms with Crippen LogP contribution in [0, 0.1) is 0 Å². The van der Waals surface area contributed by atoms with Crippen LogP contribution in [0.4, 0.5) is 0 Å². The highest BCUT2D eigenvalue weighted by atomic mass is 32.2. The molecule has 1 atom stereocenters. The quantitative estimate of drug-likeness (QED) is 0.762. The molecule has 1 aliphatic heterocycles. The van der Waals surface area contributed by atoms with Gasteiger partial charge in [0.2, 0.25) is 15.9 Å². The molecule has 1 fully saturated rings. The van der Waals surface area contributed by atoms with E-state index in [9.17, 15) is 13.2 Å². The molecule has 16 heavy (non-hydrogen) atoms. The molecule has 0 unspecified atom stereocenters. The lowest BCUT2D eigenvalue weighted by molar-refractivity contribution is -0.131. The van der Waals surface area contributed by atoms with Crippen LogP contribution in [-0.4, -0.2) is 44.1 Å². The van der Waals surface area contributed by atoms with Crippen molar-refractivity contribution in [3.63, 3.8) is 0 Å². The normalized spacial score (nSPS) is 18.8. The number of hydrogen-bond acceptors (Lipinski definition) is 3. The van der Waals surface area contributed by atoms with Gasteiger partial charge in [0.05, 0.1) is 11.8 Å². The number of amides is 1. The maximum atomic E-state index is 11.8. The standard InChI is InChI=1S/C10H20N2O3S/c1-3-8-16(14,15)11-9(2)10(13)12-6-4-5-7-12/h9,11H,3-8H2,1-2H3/t9-/m0/s1. The Labute approximate surface area is 97.2 Å². The van der Waals surface area contributed by atoms with Crippen molar-refractivity contribution in [3.8, 4) is 0 Å². The Morgan fingerprint density at radius 3 is 2.44 bits per heavy atom. The zero-order valence-corrected chi connectivity index (χ0v) is 10.7. The van der Waals surface area contributed by atoms with Crippen molar-refractivity contribution in [2.24, 2.45) is 0 Å². The zero-order chi connectivity index (χ0) is 12.2. The molecule has 1 heterocycles. The lowest BCUT2D eigenvalue weighted by atomic mass is 10.3. The van der Waals surface area contributed by atoms with Crippen molar-refractivity contribution >= 4 is 15.9 Å². The minimum absolute atomic E-state index is 0.0740. The SMILES string of the molecule is CCCS(=O)(=O)N[C@@H](C)C(=O)N1CCCC1. The lowest BCUT2D eigenvalue weighted by Gasteiger charge is -2.20. The molecule has 0 spiro atoms. The van der Waals surface area contributed by atoms with E-state index in [1.165, 1.54) is 0 Å². The number of hydrogen-bond donors (Lipinski definition) is 1. The zero-order valence-electron chi connectivity index (χ0n) is 9.90. The molecule has 1 amide bonds. The Morgan fingerprint density at radius 1 is 1.38 bits per heavy atom. The third-order valence-corrected chi connectivity index (χ3v) is 4.28. The third-order valence-electron chi connectivity index (χ3n) is 2.62. The number of rotatable bonds is 5. The molecule has 1 saturated heterocycles. The average molecular weight is 248 g/mol. The van der Waals surface area contributed by atoms with Gasteiger partial charge in [-0.25, -0.2) is 13.1 Å². The van der Waals surface area contributed by atoms with Gasteiger partial charge in [-0.1, -0.05) is 6.92 Å². The first-order valence-corrected chi connectivity index (χ1v) is 7.40. The average Bonchev–Trinajstić information content (AvgIpc) is 2.68. The van der Waals surface area contributed by atoms with E-state index < -0.39 is 16.1 Å². The van der Waals surface area contributed by atoms with E-state index in [2.05, 4.69) is 4.72 Å².